The maximum atomic E-state index is 13.5. The first-order valence-corrected chi connectivity index (χ1v) is 5.66. The summed E-state index contributed by atoms with van der Waals surface area (Å²) >= 11 is 0. The number of nitrogens with zero attached hydrogens (tertiary/aromatic N) is 2. The minimum atomic E-state index is -0.176. The van der Waals surface area contributed by atoms with Gasteiger partial charge in [-0.1, -0.05) is 12.1 Å². The maximum Gasteiger partial charge on any atom is 0.146 e. The van der Waals surface area contributed by atoms with Gasteiger partial charge in [-0.15, -0.1) is 0 Å². The first-order valence-electron chi connectivity index (χ1n) is 5.66. The third-order valence-corrected chi connectivity index (χ3v) is 2.54. The van der Waals surface area contributed by atoms with Crippen molar-refractivity contribution in [1.29, 1.82) is 5.26 Å². The monoisotopic (exact) mass is 220 g/mol. The van der Waals surface area contributed by atoms with Crippen LogP contribution in [0.2, 0.25) is 0 Å². The normalized spacial score (nSPS) is 9.81. The van der Waals surface area contributed by atoms with Crippen molar-refractivity contribution in [2.75, 3.05) is 18.0 Å². The van der Waals surface area contributed by atoms with E-state index in [9.17, 15) is 4.39 Å². The van der Waals surface area contributed by atoms with Gasteiger partial charge >= 0.3 is 0 Å². The summed E-state index contributed by atoms with van der Waals surface area (Å²) < 4.78 is 13.5. The smallest absolute Gasteiger partial charge is 0.146 e. The van der Waals surface area contributed by atoms with Gasteiger partial charge in [0.15, 0.2) is 0 Å². The Balaban J connectivity index is 2.55. The number of para-hydroxylation sites is 1. The van der Waals surface area contributed by atoms with Crippen LogP contribution in [0, 0.1) is 17.1 Å². The second-order valence-electron chi connectivity index (χ2n) is 3.65. The largest absolute Gasteiger partial charge is 0.369 e. The summed E-state index contributed by atoms with van der Waals surface area (Å²) in [6.45, 7) is 3.60. The Morgan fingerprint density at radius 1 is 1.31 bits per heavy atom. The molecule has 2 nitrogen and oxygen atoms in total. The summed E-state index contributed by atoms with van der Waals surface area (Å²) in [4.78, 5) is 2.01. The standard InChI is InChI=1S/C13H17FN2/c1-2-16(11-7-3-6-10-15)13-9-5-4-8-12(13)14/h4-5,8-9H,2-3,6-7,11H2,1H3. The lowest BCUT2D eigenvalue weighted by atomic mass is 10.2. The lowest BCUT2D eigenvalue weighted by Crippen LogP contribution is -2.24. The molecule has 0 atom stereocenters. The highest BCUT2D eigenvalue weighted by atomic mass is 19.1. The number of hydrogen-bond donors (Lipinski definition) is 0. The van der Waals surface area contributed by atoms with Crippen molar-refractivity contribution in [1.82, 2.24) is 0 Å². The molecule has 0 unspecified atom stereocenters. The SMILES string of the molecule is CCN(CCCCC#N)c1ccccc1F. The molecule has 0 saturated heterocycles. The molecule has 86 valence electrons. The van der Waals surface area contributed by atoms with Crippen molar-refractivity contribution in [2.24, 2.45) is 0 Å². The van der Waals surface area contributed by atoms with Crippen molar-refractivity contribution >= 4 is 5.69 Å². The van der Waals surface area contributed by atoms with Crippen LogP contribution >= 0.6 is 0 Å². The minimum absolute atomic E-state index is 0.176. The molecule has 0 heterocycles. The lowest BCUT2D eigenvalue weighted by Gasteiger charge is -2.23. The number of unbranched alkanes of at least 4 members (excludes halogenated alkanes) is 2. The molecular weight excluding hydrogens is 203 g/mol. The summed E-state index contributed by atoms with van der Waals surface area (Å²) in [6, 6.07) is 8.93. The number of nitriles is 1. The fourth-order valence-electron chi connectivity index (χ4n) is 1.66. The molecule has 0 N–H and O–H groups in total. The van der Waals surface area contributed by atoms with Crippen LogP contribution in [0.15, 0.2) is 24.3 Å². The van der Waals surface area contributed by atoms with Gasteiger partial charge in [0.25, 0.3) is 0 Å². The van der Waals surface area contributed by atoms with E-state index in [-0.39, 0.29) is 5.82 Å². The van der Waals surface area contributed by atoms with Crippen LogP contribution in [0.5, 0.6) is 0 Å². The van der Waals surface area contributed by atoms with Gasteiger partial charge in [-0.3, -0.25) is 0 Å². The third kappa shape index (κ3) is 3.54. The van der Waals surface area contributed by atoms with Crippen molar-refractivity contribution in [3.05, 3.63) is 30.1 Å². The highest BCUT2D eigenvalue weighted by Gasteiger charge is 2.08. The van der Waals surface area contributed by atoms with E-state index in [0.29, 0.717) is 12.1 Å². The molecule has 0 saturated carbocycles. The van der Waals surface area contributed by atoms with Crippen LogP contribution in [-0.2, 0) is 0 Å². The zero-order chi connectivity index (χ0) is 11.8. The van der Waals surface area contributed by atoms with E-state index in [4.69, 9.17) is 5.26 Å². The molecule has 0 amide bonds. The van der Waals surface area contributed by atoms with E-state index in [1.54, 1.807) is 12.1 Å². The topological polar surface area (TPSA) is 27.0 Å². The summed E-state index contributed by atoms with van der Waals surface area (Å²) in [6.07, 6.45) is 2.38. The molecule has 0 spiro atoms. The summed E-state index contributed by atoms with van der Waals surface area (Å²) in [5, 5.41) is 8.43. The minimum Gasteiger partial charge on any atom is -0.369 e. The molecule has 0 aliphatic carbocycles. The average Bonchev–Trinajstić information content (AvgIpc) is 2.31. The van der Waals surface area contributed by atoms with Gasteiger partial charge in [-0.25, -0.2) is 4.39 Å². The van der Waals surface area contributed by atoms with Crippen molar-refractivity contribution in [2.45, 2.75) is 26.2 Å². The molecule has 0 aromatic heterocycles. The van der Waals surface area contributed by atoms with Gasteiger partial charge in [0.05, 0.1) is 11.8 Å². The number of anilines is 1. The second kappa shape index (κ2) is 6.84. The van der Waals surface area contributed by atoms with E-state index >= 15 is 0 Å². The molecule has 0 aliphatic heterocycles. The van der Waals surface area contributed by atoms with Crippen LogP contribution < -0.4 is 4.90 Å². The highest BCUT2D eigenvalue weighted by molar-refractivity contribution is 5.47. The quantitative estimate of drug-likeness (QED) is 0.687. The van der Waals surface area contributed by atoms with E-state index in [1.807, 2.05) is 17.9 Å². The Morgan fingerprint density at radius 3 is 2.69 bits per heavy atom. The lowest BCUT2D eigenvalue weighted by molar-refractivity contribution is 0.612. The van der Waals surface area contributed by atoms with Crippen LogP contribution in [0.3, 0.4) is 0 Å². The van der Waals surface area contributed by atoms with Gasteiger partial charge in [-0.2, -0.15) is 5.26 Å². The Hall–Kier alpha value is -1.56. The molecular formula is C13H17FN2. The predicted octanol–water partition coefficient (Wildman–Crippen LogP) is 3.35. The zero-order valence-electron chi connectivity index (χ0n) is 9.62. The summed E-state index contributed by atoms with van der Waals surface area (Å²) in [5.41, 5.74) is 0.655. The van der Waals surface area contributed by atoms with Gasteiger partial charge in [-0.05, 0) is 31.9 Å². The fraction of sp³-hybridized carbons (Fsp3) is 0.462. The van der Waals surface area contributed by atoms with Crippen LogP contribution in [0.25, 0.3) is 0 Å². The Kier molecular flexibility index (Phi) is 5.35. The molecule has 0 fully saturated rings. The van der Waals surface area contributed by atoms with Crippen LogP contribution in [-0.4, -0.2) is 13.1 Å². The Labute approximate surface area is 96.3 Å². The summed E-state index contributed by atoms with van der Waals surface area (Å²) in [5.74, 6) is -0.176. The molecule has 3 heteroatoms. The summed E-state index contributed by atoms with van der Waals surface area (Å²) in [7, 11) is 0. The molecule has 0 bridgehead atoms. The molecule has 1 aromatic carbocycles. The van der Waals surface area contributed by atoms with Crippen molar-refractivity contribution in [3.8, 4) is 6.07 Å². The number of rotatable bonds is 6. The first kappa shape index (κ1) is 12.5. The zero-order valence-corrected chi connectivity index (χ0v) is 9.62. The van der Waals surface area contributed by atoms with Crippen LogP contribution in [0.1, 0.15) is 26.2 Å². The highest BCUT2D eigenvalue weighted by Crippen LogP contribution is 2.18. The molecule has 1 aromatic rings. The Morgan fingerprint density at radius 2 is 2.06 bits per heavy atom. The van der Waals surface area contributed by atoms with Gasteiger partial charge in [0.2, 0.25) is 0 Å². The van der Waals surface area contributed by atoms with Gasteiger partial charge < -0.3 is 4.90 Å². The maximum absolute atomic E-state index is 13.5. The molecule has 0 radical (unpaired) electrons. The fourth-order valence-corrected chi connectivity index (χ4v) is 1.66. The first-order chi connectivity index (χ1) is 7.79. The predicted molar refractivity (Wildman–Crippen MR) is 63.8 cm³/mol. The van der Waals surface area contributed by atoms with E-state index in [1.165, 1.54) is 6.07 Å². The third-order valence-electron chi connectivity index (χ3n) is 2.54. The number of hydrogen-bond acceptors (Lipinski definition) is 2. The Bertz CT molecular complexity index is 357. The van der Waals surface area contributed by atoms with Gasteiger partial charge in [0, 0.05) is 19.5 Å². The molecule has 16 heavy (non-hydrogen) atoms. The van der Waals surface area contributed by atoms with E-state index < -0.39 is 0 Å². The second-order valence-corrected chi connectivity index (χ2v) is 3.65. The number of benzene rings is 1. The van der Waals surface area contributed by atoms with Crippen molar-refractivity contribution in [3.63, 3.8) is 0 Å². The van der Waals surface area contributed by atoms with Crippen LogP contribution in [0.4, 0.5) is 10.1 Å². The average molecular weight is 220 g/mol. The van der Waals surface area contributed by atoms with Gasteiger partial charge in [0.1, 0.15) is 5.82 Å². The van der Waals surface area contributed by atoms with E-state index in [0.717, 1.165) is 25.9 Å². The number of halogens is 1. The molecule has 1 rings (SSSR count). The molecule has 0 aliphatic rings. The van der Waals surface area contributed by atoms with Crippen molar-refractivity contribution < 1.29 is 4.39 Å². The van der Waals surface area contributed by atoms with E-state index in [2.05, 4.69) is 6.07 Å².